The van der Waals surface area contributed by atoms with Gasteiger partial charge in [0.05, 0.1) is 0 Å². The smallest absolute Gasteiger partial charge is 0.166 e. The molecule has 2 aliphatic carbocycles. The minimum Gasteiger partial charge on any atom is -0.203 e. The van der Waals surface area contributed by atoms with Crippen molar-refractivity contribution < 1.29 is 8.78 Å². The third kappa shape index (κ3) is 3.73. The number of benzene rings is 1. The predicted octanol–water partition coefficient (Wildman–Crippen LogP) is 7.06. The molecule has 132 valence electrons. The topological polar surface area (TPSA) is 0 Å². The van der Waals surface area contributed by atoms with Gasteiger partial charge in [-0.1, -0.05) is 50.8 Å². The van der Waals surface area contributed by atoms with Gasteiger partial charge in [0.15, 0.2) is 11.6 Å². The molecule has 0 aromatic heterocycles. The zero-order chi connectivity index (χ0) is 17.1. The lowest BCUT2D eigenvalue weighted by atomic mass is 9.70. The van der Waals surface area contributed by atoms with Gasteiger partial charge in [-0.25, -0.2) is 8.78 Å². The van der Waals surface area contributed by atoms with E-state index in [1.54, 1.807) is 19.1 Å². The number of aryl methyl sites for hydroxylation is 1. The molecule has 2 aliphatic rings. The van der Waals surface area contributed by atoms with Gasteiger partial charge in [0.25, 0.3) is 0 Å². The first kappa shape index (κ1) is 17.6. The van der Waals surface area contributed by atoms with Crippen LogP contribution in [0.25, 0.3) is 5.57 Å². The Morgan fingerprint density at radius 3 is 2.33 bits per heavy atom. The van der Waals surface area contributed by atoms with E-state index in [0.717, 1.165) is 42.6 Å². The molecule has 1 saturated carbocycles. The highest BCUT2D eigenvalue weighted by Gasteiger charge is 2.29. The van der Waals surface area contributed by atoms with E-state index >= 15 is 0 Å². The molecule has 0 nitrogen and oxygen atoms in total. The van der Waals surface area contributed by atoms with Gasteiger partial charge in [-0.05, 0) is 67.9 Å². The number of hydrogen-bond donors (Lipinski definition) is 0. The summed E-state index contributed by atoms with van der Waals surface area (Å²) in [7, 11) is 0. The molecule has 1 atom stereocenters. The molecular weight excluding hydrogens is 302 g/mol. The summed E-state index contributed by atoms with van der Waals surface area (Å²) in [5, 5.41) is 0. The predicted molar refractivity (Wildman–Crippen MR) is 96.8 cm³/mol. The average molecular weight is 332 g/mol. The van der Waals surface area contributed by atoms with E-state index in [2.05, 4.69) is 13.0 Å². The average Bonchev–Trinajstić information content (AvgIpc) is 2.61. The Balaban J connectivity index is 1.62. The molecule has 2 heteroatoms. The van der Waals surface area contributed by atoms with E-state index in [1.807, 2.05) is 0 Å². The molecule has 0 amide bonds. The van der Waals surface area contributed by atoms with Gasteiger partial charge >= 0.3 is 0 Å². The van der Waals surface area contributed by atoms with Crippen LogP contribution in [0.1, 0.15) is 75.8 Å². The fourth-order valence-corrected chi connectivity index (χ4v) is 4.78. The van der Waals surface area contributed by atoms with Crippen molar-refractivity contribution in [2.24, 2.45) is 17.8 Å². The minimum atomic E-state index is -0.690. The highest BCUT2D eigenvalue weighted by atomic mass is 19.2. The number of hydrogen-bond acceptors (Lipinski definition) is 0. The standard InChI is InChI=1S/C22H30F2/c1-3-4-16-6-8-17(9-7-16)18-10-12-19(13-11-18)20-14-5-15(2)21(23)22(20)24/h5,12,14,16-18H,3-4,6-11,13H2,1-2H3. The number of allylic oxidation sites excluding steroid dienone is 2. The lowest BCUT2D eigenvalue weighted by Crippen LogP contribution is -2.23. The van der Waals surface area contributed by atoms with Crippen LogP contribution in [0.5, 0.6) is 0 Å². The quantitative estimate of drug-likeness (QED) is 0.553. The first-order valence-electron chi connectivity index (χ1n) is 9.74. The monoisotopic (exact) mass is 332 g/mol. The van der Waals surface area contributed by atoms with Crippen LogP contribution in [-0.2, 0) is 0 Å². The third-order valence-electron chi connectivity index (χ3n) is 6.33. The molecule has 3 rings (SSSR count). The molecular formula is C22H30F2. The summed E-state index contributed by atoms with van der Waals surface area (Å²) in [5.74, 6) is 1.18. The van der Waals surface area contributed by atoms with Crippen LogP contribution in [0.3, 0.4) is 0 Å². The van der Waals surface area contributed by atoms with Crippen molar-refractivity contribution in [3.05, 3.63) is 41.0 Å². The Hall–Kier alpha value is -1.18. The third-order valence-corrected chi connectivity index (χ3v) is 6.33. The summed E-state index contributed by atoms with van der Waals surface area (Å²) in [4.78, 5) is 0. The Morgan fingerprint density at radius 1 is 0.958 bits per heavy atom. The van der Waals surface area contributed by atoms with Gasteiger partial charge in [0, 0.05) is 5.56 Å². The first-order chi connectivity index (χ1) is 11.6. The fraction of sp³-hybridized carbons (Fsp3) is 0.636. The van der Waals surface area contributed by atoms with E-state index in [9.17, 15) is 8.78 Å². The summed E-state index contributed by atoms with van der Waals surface area (Å²) >= 11 is 0. The lowest BCUT2D eigenvalue weighted by Gasteiger charge is -2.35. The van der Waals surface area contributed by atoms with Crippen LogP contribution in [0.2, 0.25) is 0 Å². The van der Waals surface area contributed by atoms with Crippen molar-refractivity contribution in [1.29, 1.82) is 0 Å². The summed E-state index contributed by atoms with van der Waals surface area (Å²) in [6, 6.07) is 3.44. The normalized spacial score (nSPS) is 27.8. The van der Waals surface area contributed by atoms with Gasteiger partial charge in [0.2, 0.25) is 0 Å². The zero-order valence-electron chi connectivity index (χ0n) is 15.1. The van der Waals surface area contributed by atoms with Crippen molar-refractivity contribution in [1.82, 2.24) is 0 Å². The van der Waals surface area contributed by atoms with E-state index in [4.69, 9.17) is 0 Å². The van der Waals surface area contributed by atoms with Crippen molar-refractivity contribution in [3.63, 3.8) is 0 Å². The molecule has 24 heavy (non-hydrogen) atoms. The van der Waals surface area contributed by atoms with E-state index in [-0.39, 0.29) is 0 Å². The van der Waals surface area contributed by atoms with E-state index in [1.165, 1.54) is 38.5 Å². The van der Waals surface area contributed by atoms with E-state index < -0.39 is 11.6 Å². The summed E-state index contributed by atoms with van der Waals surface area (Å²) < 4.78 is 28.0. The number of halogens is 2. The van der Waals surface area contributed by atoms with Gasteiger partial charge in [0.1, 0.15) is 0 Å². The molecule has 0 N–H and O–H groups in total. The molecule has 1 aromatic carbocycles. The van der Waals surface area contributed by atoms with Crippen molar-refractivity contribution in [2.75, 3.05) is 0 Å². The molecule has 0 spiro atoms. The van der Waals surface area contributed by atoms with Crippen molar-refractivity contribution in [3.8, 4) is 0 Å². The second-order valence-corrected chi connectivity index (χ2v) is 7.89. The van der Waals surface area contributed by atoms with Gasteiger partial charge in [-0.2, -0.15) is 0 Å². The van der Waals surface area contributed by atoms with Gasteiger partial charge in [-0.3, -0.25) is 0 Å². The molecule has 0 aliphatic heterocycles. The first-order valence-corrected chi connectivity index (χ1v) is 9.74. The zero-order valence-corrected chi connectivity index (χ0v) is 15.1. The Bertz CT molecular complexity index is 594. The number of rotatable bonds is 4. The SMILES string of the molecule is CCCC1CCC(C2CC=C(c3ccc(C)c(F)c3F)CC2)CC1. The molecule has 0 radical (unpaired) electrons. The molecule has 0 bridgehead atoms. The van der Waals surface area contributed by atoms with Crippen LogP contribution < -0.4 is 0 Å². The Labute approximate surface area is 145 Å². The highest BCUT2D eigenvalue weighted by molar-refractivity contribution is 5.67. The summed E-state index contributed by atoms with van der Waals surface area (Å²) in [5.41, 5.74) is 1.86. The largest absolute Gasteiger partial charge is 0.203 e. The fourth-order valence-electron chi connectivity index (χ4n) is 4.78. The van der Waals surface area contributed by atoms with Crippen molar-refractivity contribution >= 4 is 5.57 Å². The van der Waals surface area contributed by atoms with Crippen LogP contribution in [-0.4, -0.2) is 0 Å². The maximum Gasteiger partial charge on any atom is 0.166 e. The van der Waals surface area contributed by atoms with E-state index in [0.29, 0.717) is 11.1 Å². The maximum absolute atomic E-state index is 14.2. The van der Waals surface area contributed by atoms with Gasteiger partial charge < -0.3 is 0 Å². The molecule has 1 aromatic rings. The van der Waals surface area contributed by atoms with Crippen LogP contribution in [0.15, 0.2) is 18.2 Å². The lowest BCUT2D eigenvalue weighted by molar-refractivity contribution is 0.189. The molecule has 0 saturated heterocycles. The summed E-state index contributed by atoms with van der Waals surface area (Å²) in [6.45, 7) is 3.90. The molecule has 1 unspecified atom stereocenters. The maximum atomic E-state index is 14.2. The van der Waals surface area contributed by atoms with Crippen LogP contribution in [0, 0.1) is 36.3 Å². The van der Waals surface area contributed by atoms with Gasteiger partial charge in [-0.15, -0.1) is 0 Å². The molecule has 1 fully saturated rings. The Kier molecular flexibility index (Phi) is 5.73. The molecule has 0 heterocycles. The highest BCUT2D eigenvalue weighted by Crippen LogP contribution is 2.42. The minimum absolute atomic E-state index is 0.384. The second kappa shape index (κ2) is 7.80. The second-order valence-electron chi connectivity index (χ2n) is 7.89. The van der Waals surface area contributed by atoms with Crippen molar-refractivity contribution in [2.45, 2.75) is 71.6 Å². The van der Waals surface area contributed by atoms with Crippen LogP contribution in [0.4, 0.5) is 8.78 Å². The van der Waals surface area contributed by atoms with Crippen LogP contribution >= 0.6 is 0 Å². The Morgan fingerprint density at radius 2 is 1.71 bits per heavy atom. The summed E-state index contributed by atoms with van der Waals surface area (Å²) in [6.07, 6.45) is 13.4.